The minimum absolute atomic E-state index is 0.0515. The second-order valence-corrected chi connectivity index (χ2v) is 3.76. The summed E-state index contributed by atoms with van der Waals surface area (Å²) in [6.07, 6.45) is 0. The van der Waals surface area contributed by atoms with Crippen molar-refractivity contribution in [2.45, 2.75) is 0 Å². The highest BCUT2D eigenvalue weighted by Gasteiger charge is 2.09. The summed E-state index contributed by atoms with van der Waals surface area (Å²) >= 11 is 0. The highest BCUT2D eigenvalue weighted by Crippen LogP contribution is 2.35. The van der Waals surface area contributed by atoms with E-state index in [1.165, 1.54) is 38.5 Å². The number of hydrogen-bond acceptors (Lipinski definition) is 3. The second kappa shape index (κ2) is 4.96. The molecule has 0 aromatic heterocycles. The zero-order valence-electron chi connectivity index (χ0n) is 10.1. The molecule has 2 rings (SSSR count). The molecule has 0 fully saturated rings. The Balaban J connectivity index is 2.60. The molecule has 0 saturated heterocycles. The van der Waals surface area contributed by atoms with E-state index in [9.17, 15) is 9.50 Å². The summed E-state index contributed by atoms with van der Waals surface area (Å²) in [6.45, 7) is 0. The van der Waals surface area contributed by atoms with E-state index >= 15 is 0 Å². The third kappa shape index (κ3) is 2.37. The summed E-state index contributed by atoms with van der Waals surface area (Å²) in [6, 6.07) is 8.93. The van der Waals surface area contributed by atoms with Crippen LogP contribution in [0.3, 0.4) is 0 Å². The SMILES string of the molecule is COc1cc(O)cc(-c2cc(F)ccc2OC)c1. The van der Waals surface area contributed by atoms with Gasteiger partial charge in [-0.15, -0.1) is 0 Å². The average Bonchev–Trinajstić information content (AvgIpc) is 2.38. The number of hydrogen-bond donors (Lipinski definition) is 1. The normalized spacial score (nSPS) is 10.2. The molecule has 0 aliphatic rings. The Morgan fingerprint density at radius 2 is 1.78 bits per heavy atom. The lowest BCUT2D eigenvalue weighted by atomic mass is 10.0. The number of phenols is 1. The lowest BCUT2D eigenvalue weighted by Crippen LogP contribution is -1.90. The van der Waals surface area contributed by atoms with Crippen LogP contribution in [0, 0.1) is 5.82 Å². The minimum Gasteiger partial charge on any atom is -0.508 e. The van der Waals surface area contributed by atoms with Crippen LogP contribution < -0.4 is 9.47 Å². The van der Waals surface area contributed by atoms with Crippen LogP contribution in [0.1, 0.15) is 0 Å². The molecule has 0 radical (unpaired) electrons. The molecule has 0 aliphatic carbocycles. The molecule has 4 heteroatoms. The zero-order valence-corrected chi connectivity index (χ0v) is 10.1. The third-order valence-electron chi connectivity index (χ3n) is 2.60. The van der Waals surface area contributed by atoms with Gasteiger partial charge in [0.15, 0.2) is 0 Å². The van der Waals surface area contributed by atoms with E-state index in [0.29, 0.717) is 22.6 Å². The summed E-state index contributed by atoms with van der Waals surface area (Å²) < 4.78 is 23.5. The number of methoxy groups -OCH3 is 2. The van der Waals surface area contributed by atoms with Gasteiger partial charge in [-0.2, -0.15) is 0 Å². The highest BCUT2D eigenvalue weighted by molar-refractivity contribution is 5.73. The highest BCUT2D eigenvalue weighted by atomic mass is 19.1. The van der Waals surface area contributed by atoms with Crippen LogP contribution in [-0.2, 0) is 0 Å². The van der Waals surface area contributed by atoms with Crippen LogP contribution in [0.2, 0.25) is 0 Å². The van der Waals surface area contributed by atoms with Crippen molar-refractivity contribution in [1.29, 1.82) is 0 Å². The standard InChI is InChI=1S/C14H13FO3/c1-17-12-6-9(5-11(16)8-12)13-7-10(15)3-4-14(13)18-2/h3-8,16H,1-2H3. The van der Waals surface area contributed by atoms with Gasteiger partial charge in [-0.3, -0.25) is 0 Å². The summed E-state index contributed by atoms with van der Waals surface area (Å²) in [4.78, 5) is 0. The van der Waals surface area contributed by atoms with Gasteiger partial charge in [0.25, 0.3) is 0 Å². The maximum atomic E-state index is 13.3. The molecular weight excluding hydrogens is 235 g/mol. The topological polar surface area (TPSA) is 38.7 Å². The van der Waals surface area contributed by atoms with Gasteiger partial charge < -0.3 is 14.6 Å². The van der Waals surface area contributed by atoms with E-state index in [1.54, 1.807) is 12.1 Å². The number of rotatable bonds is 3. The Hall–Kier alpha value is -2.23. The molecule has 0 atom stereocenters. The van der Waals surface area contributed by atoms with Crippen molar-refractivity contribution in [2.75, 3.05) is 14.2 Å². The summed E-state index contributed by atoms with van der Waals surface area (Å²) in [5, 5.41) is 9.60. The average molecular weight is 248 g/mol. The summed E-state index contributed by atoms with van der Waals surface area (Å²) in [5.74, 6) is 0.712. The van der Waals surface area contributed by atoms with Gasteiger partial charge in [0, 0.05) is 11.6 Å². The van der Waals surface area contributed by atoms with Crippen LogP contribution in [0.25, 0.3) is 11.1 Å². The first-order valence-corrected chi connectivity index (χ1v) is 5.36. The second-order valence-electron chi connectivity index (χ2n) is 3.76. The molecule has 94 valence electrons. The van der Waals surface area contributed by atoms with Crippen molar-refractivity contribution in [1.82, 2.24) is 0 Å². The Labute approximate surface area is 104 Å². The van der Waals surface area contributed by atoms with Crippen molar-refractivity contribution in [2.24, 2.45) is 0 Å². The number of halogens is 1. The van der Waals surface area contributed by atoms with Gasteiger partial charge in [0.1, 0.15) is 23.1 Å². The van der Waals surface area contributed by atoms with Gasteiger partial charge in [-0.1, -0.05) is 0 Å². The Kier molecular flexibility index (Phi) is 3.37. The molecule has 0 amide bonds. The third-order valence-corrected chi connectivity index (χ3v) is 2.60. The maximum absolute atomic E-state index is 13.3. The van der Waals surface area contributed by atoms with Gasteiger partial charge in [0.2, 0.25) is 0 Å². The first-order chi connectivity index (χ1) is 8.63. The van der Waals surface area contributed by atoms with Crippen molar-refractivity contribution in [3.63, 3.8) is 0 Å². The Morgan fingerprint density at radius 1 is 1.00 bits per heavy atom. The first-order valence-electron chi connectivity index (χ1n) is 5.36. The van der Waals surface area contributed by atoms with Crippen molar-refractivity contribution in [3.8, 4) is 28.4 Å². The van der Waals surface area contributed by atoms with Gasteiger partial charge >= 0.3 is 0 Å². The summed E-state index contributed by atoms with van der Waals surface area (Å²) in [5.41, 5.74) is 1.19. The molecule has 0 spiro atoms. The number of phenolic OH excluding ortho intramolecular Hbond substituents is 1. The molecule has 18 heavy (non-hydrogen) atoms. The van der Waals surface area contributed by atoms with E-state index in [2.05, 4.69) is 0 Å². The molecule has 2 aromatic rings. The van der Waals surface area contributed by atoms with Gasteiger partial charge in [-0.25, -0.2) is 4.39 Å². The fourth-order valence-electron chi connectivity index (χ4n) is 1.76. The van der Waals surface area contributed by atoms with Crippen LogP contribution >= 0.6 is 0 Å². The number of aromatic hydroxyl groups is 1. The molecule has 3 nitrogen and oxygen atoms in total. The predicted molar refractivity (Wildman–Crippen MR) is 66.6 cm³/mol. The fourth-order valence-corrected chi connectivity index (χ4v) is 1.76. The van der Waals surface area contributed by atoms with E-state index in [-0.39, 0.29) is 11.6 Å². The Morgan fingerprint density at radius 3 is 2.44 bits per heavy atom. The van der Waals surface area contributed by atoms with Crippen LogP contribution in [0.15, 0.2) is 36.4 Å². The maximum Gasteiger partial charge on any atom is 0.126 e. The van der Waals surface area contributed by atoms with Crippen LogP contribution in [-0.4, -0.2) is 19.3 Å². The number of ether oxygens (including phenoxy) is 2. The fraction of sp³-hybridized carbons (Fsp3) is 0.143. The van der Waals surface area contributed by atoms with Crippen molar-refractivity contribution < 1.29 is 19.0 Å². The smallest absolute Gasteiger partial charge is 0.126 e. The molecule has 2 aromatic carbocycles. The van der Waals surface area contributed by atoms with E-state index in [4.69, 9.17) is 9.47 Å². The molecule has 0 aliphatic heterocycles. The lowest BCUT2D eigenvalue weighted by molar-refractivity contribution is 0.407. The van der Waals surface area contributed by atoms with Crippen molar-refractivity contribution in [3.05, 3.63) is 42.2 Å². The molecular formula is C14H13FO3. The Bertz CT molecular complexity index is 567. The monoisotopic (exact) mass is 248 g/mol. The van der Waals surface area contributed by atoms with E-state index in [1.807, 2.05) is 0 Å². The van der Waals surface area contributed by atoms with Gasteiger partial charge in [-0.05, 0) is 35.9 Å². The minimum atomic E-state index is -0.367. The lowest BCUT2D eigenvalue weighted by Gasteiger charge is -2.10. The van der Waals surface area contributed by atoms with E-state index < -0.39 is 0 Å². The predicted octanol–water partition coefficient (Wildman–Crippen LogP) is 3.22. The first kappa shape index (κ1) is 12.2. The molecule has 0 saturated carbocycles. The zero-order chi connectivity index (χ0) is 13.1. The van der Waals surface area contributed by atoms with Crippen LogP contribution in [0.5, 0.6) is 17.2 Å². The molecule has 0 bridgehead atoms. The summed E-state index contributed by atoms with van der Waals surface area (Å²) in [7, 11) is 3.01. The number of benzene rings is 2. The van der Waals surface area contributed by atoms with Crippen LogP contribution in [0.4, 0.5) is 4.39 Å². The molecule has 1 N–H and O–H groups in total. The van der Waals surface area contributed by atoms with E-state index in [0.717, 1.165) is 0 Å². The molecule has 0 heterocycles. The molecule has 0 unspecified atom stereocenters. The van der Waals surface area contributed by atoms with Gasteiger partial charge in [0.05, 0.1) is 14.2 Å². The largest absolute Gasteiger partial charge is 0.508 e. The quantitative estimate of drug-likeness (QED) is 0.906. The van der Waals surface area contributed by atoms with Crippen molar-refractivity contribution >= 4 is 0 Å².